The minimum Gasteiger partial charge on any atom is -0.458 e. The Hall–Kier alpha value is -0.693. The summed E-state index contributed by atoms with van der Waals surface area (Å²) in [6.45, 7) is 18.8. The monoisotopic (exact) mass is 360 g/mol. The Morgan fingerprint density at radius 2 is 1.79 bits per heavy atom. The number of ether oxygens (including phenoxy) is 4. The molecule has 0 unspecified atom stereocenters. The molecule has 2 atom stereocenters. The molecule has 142 valence electrons. The molecule has 6 heteroatoms. The quantitative estimate of drug-likeness (QED) is 0.183. The lowest BCUT2D eigenvalue weighted by atomic mass is 10.1. The van der Waals surface area contributed by atoms with Gasteiger partial charge in [0.25, 0.3) is 0 Å². The van der Waals surface area contributed by atoms with Crippen LogP contribution in [0.25, 0.3) is 0 Å². The second-order valence-corrected chi connectivity index (χ2v) is 14.0. The van der Waals surface area contributed by atoms with Crippen LogP contribution in [-0.4, -0.2) is 52.4 Å². The molecule has 0 bridgehead atoms. The van der Waals surface area contributed by atoms with Gasteiger partial charge in [0, 0.05) is 21.8 Å². The van der Waals surface area contributed by atoms with E-state index in [1.54, 1.807) is 7.11 Å². The maximum Gasteiger partial charge on any atom is 0.338 e. The molecule has 0 aliphatic carbocycles. The van der Waals surface area contributed by atoms with Crippen LogP contribution in [0.1, 0.15) is 34.1 Å². The van der Waals surface area contributed by atoms with Crippen molar-refractivity contribution in [1.82, 2.24) is 0 Å². The van der Waals surface area contributed by atoms with E-state index in [9.17, 15) is 4.79 Å². The molecule has 5 nitrogen and oxygen atoms in total. The van der Waals surface area contributed by atoms with E-state index in [0.29, 0.717) is 13.0 Å². The van der Waals surface area contributed by atoms with Crippen molar-refractivity contribution >= 4 is 14.0 Å². The zero-order valence-corrected chi connectivity index (χ0v) is 17.7. The molecular weight excluding hydrogens is 324 g/mol. The lowest BCUT2D eigenvalue weighted by Gasteiger charge is -2.28. The maximum absolute atomic E-state index is 12.5. The molecule has 0 rings (SSSR count). The molecule has 0 fully saturated rings. The lowest BCUT2D eigenvalue weighted by molar-refractivity contribution is -0.190. The van der Waals surface area contributed by atoms with E-state index in [4.69, 9.17) is 18.9 Å². The van der Waals surface area contributed by atoms with Gasteiger partial charge in [-0.05, 0) is 40.2 Å². The van der Waals surface area contributed by atoms with E-state index in [1.165, 1.54) is 0 Å². The molecule has 0 N–H and O–H groups in total. The van der Waals surface area contributed by atoms with Gasteiger partial charge in [0.2, 0.25) is 0 Å². The number of hydrogen-bond donors (Lipinski definition) is 0. The third-order valence-corrected chi connectivity index (χ3v) is 4.86. The van der Waals surface area contributed by atoms with Crippen LogP contribution in [0.15, 0.2) is 12.2 Å². The van der Waals surface area contributed by atoms with Gasteiger partial charge in [-0.2, -0.15) is 0 Å². The van der Waals surface area contributed by atoms with Gasteiger partial charge in [0.05, 0.1) is 6.10 Å². The first kappa shape index (κ1) is 23.3. The predicted octanol–water partition coefficient (Wildman–Crippen LogP) is 4.01. The first-order valence-corrected chi connectivity index (χ1v) is 12.2. The zero-order valence-electron chi connectivity index (χ0n) is 16.7. The van der Waals surface area contributed by atoms with Crippen LogP contribution in [-0.2, 0) is 23.7 Å². The summed E-state index contributed by atoms with van der Waals surface area (Å²) >= 11 is 0. The number of esters is 1. The molecular formula is C18H36O5Si. The van der Waals surface area contributed by atoms with Gasteiger partial charge in [0.15, 0.2) is 6.10 Å². The van der Waals surface area contributed by atoms with Gasteiger partial charge in [-0.1, -0.05) is 25.2 Å². The Labute approximate surface area is 148 Å². The minimum absolute atomic E-state index is 0.0461. The SMILES string of the molecule is C=C(C)C[C@H](OC)[C@H](OCOCC[Si](C)(C)C)C(=O)OC(C)(C)C. The van der Waals surface area contributed by atoms with Crippen LogP contribution >= 0.6 is 0 Å². The molecule has 0 heterocycles. The fourth-order valence-electron chi connectivity index (χ4n) is 1.90. The molecule has 0 amide bonds. The van der Waals surface area contributed by atoms with Crippen molar-refractivity contribution in [1.29, 1.82) is 0 Å². The number of carbonyl (C=O) groups is 1. The fourth-order valence-corrected chi connectivity index (χ4v) is 2.66. The van der Waals surface area contributed by atoms with Crippen LogP contribution in [0.2, 0.25) is 25.7 Å². The highest BCUT2D eigenvalue weighted by molar-refractivity contribution is 6.76. The average molecular weight is 361 g/mol. The number of methoxy groups -OCH3 is 1. The third-order valence-electron chi connectivity index (χ3n) is 3.16. The van der Waals surface area contributed by atoms with E-state index >= 15 is 0 Å². The van der Waals surface area contributed by atoms with Crippen LogP contribution in [0.4, 0.5) is 0 Å². The molecule has 0 radical (unpaired) electrons. The first-order chi connectivity index (χ1) is 10.9. The Bertz CT molecular complexity index is 395. The summed E-state index contributed by atoms with van der Waals surface area (Å²) in [5.74, 6) is -0.440. The van der Waals surface area contributed by atoms with Gasteiger partial charge in [-0.3, -0.25) is 0 Å². The molecule has 24 heavy (non-hydrogen) atoms. The van der Waals surface area contributed by atoms with Crippen molar-refractivity contribution in [2.75, 3.05) is 20.5 Å². The topological polar surface area (TPSA) is 54.0 Å². The van der Waals surface area contributed by atoms with Crippen LogP contribution in [0.3, 0.4) is 0 Å². The van der Waals surface area contributed by atoms with Gasteiger partial charge < -0.3 is 18.9 Å². The Balaban J connectivity index is 4.73. The van der Waals surface area contributed by atoms with Crippen molar-refractivity contribution in [3.05, 3.63) is 12.2 Å². The molecule has 0 aromatic carbocycles. The number of hydrogen-bond acceptors (Lipinski definition) is 5. The maximum atomic E-state index is 12.5. The van der Waals surface area contributed by atoms with E-state index in [2.05, 4.69) is 26.2 Å². The van der Waals surface area contributed by atoms with Crippen molar-refractivity contribution in [2.45, 2.75) is 77.6 Å². The number of rotatable bonds is 11. The van der Waals surface area contributed by atoms with Gasteiger partial charge in [0.1, 0.15) is 12.4 Å². The molecule has 0 aromatic heterocycles. The normalized spacial score (nSPS) is 15.0. The first-order valence-electron chi connectivity index (χ1n) is 8.45. The van der Waals surface area contributed by atoms with Crippen molar-refractivity contribution in [2.24, 2.45) is 0 Å². The van der Waals surface area contributed by atoms with E-state index in [-0.39, 0.29) is 6.79 Å². The van der Waals surface area contributed by atoms with Crippen molar-refractivity contribution < 1.29 is 23.7 Å². The summed E-state index contributed by atoms with van der Waals surface area (Å²) in [4.78, 5) is 12.5. The van der Waals surface area contributed by atoms with Gasteiger partial charge in [-0.25, -0.2) is 4.79 Å². The summed E-state index contributed by atoms with van der Waals surface area (Å²) in [5.41, 5.74) is 0.331. The highest BCUT2D eigenvalue weighted by Crippen LogP contribution is 2.18. The van der Waals surface area contributed by atoms with E-state index < -0.39 is 31.9 Å². The summed E-state index contributed by atoms with van der Waals surface area (Å²) in [5, 5.41) is 0. The highest BCUT2D eigenvalue weighted by Gasteiger charge is 2.33. The lowest BCUT2D eigenvalue weighted by Crippen LogP contribution is -2.42. The van der Waals surface area contributed by atoms with Crippen molar-refractivity contribution in [3.63, 3.8) is 0 Å². The van der Waals surface area contributed by atoms with E-state index in [0.717, 1.165) is 11.6 Å². The molecule has 0 aromatic rings. The van der Waals surface area contributed by atoms with Crippen LogP contribution in [0.5, 0.6) is 0 Å². The standard InChI is InChI=1S/C18H36O5Si/c1-14(2)12-15(20-6)16(17(19)23-18(3,4)5)22-13-21-10-11-24(7,8)9/h15-16H,1,10-13H2,2-9H3/t15-,16-/m0/s1. The predicted molar refractivity (Wildman–Crippen MR) is 99.9 cm³/mol. The Morgan fingerprint density at radius 3 is 2.21 bits per heavy atom. The average Bonchev–Trinajstić information content (AvgIpc) is 2.37. The molecule has 0 aliphatic rings. The number of carbonyl (C=O) groups excluding carboxylic acids is 1. The van der Waals surface area contributed by atoms with Gasteiger partial charge >= 0.3 is 5.97 Å². The summed E-state index contributed by atoms with van der Waals surface area (Å²) in [6.07, 6.45) is -0.759. The van der Waals surface area contributed by atoms with Crippen molar-refractivity contribution in [3.8, 4) is 0 Å². The molecule has 0 aliphatic heterocycles. The largest absolute Gasteiger partial charge is 0.458 e. The smallest absolute Gasteiger partial charge is 0.338 e. The Morgan fingerprint density at radius 1 is 1.21 bits per heavy atom. The van der Waals surface area contributed by atoms with E-state index in [1.807, 2.05) is 27.7 Å². The summed E-state index contributed by atoms with van der Waals surface area (Å²) in [7, 11) is 0.409. The second-order valence-electron chi connectivity index (χ2n) is 8.39. The Kier molecular flexibility index (Phi) is 10.0. The fraction of sp³-hybridized carbons (Fsp3) is 0.833. The summed E-state index contributed by atoms with van der Waals surface area (Å²) in [6, 6.07) is 1.05. The molecule has 0 spiro atoms. The second kappa shape index (κ2) is 10.3. The minimum atomic E-state index is -1.15. The highest BCUT2D eigenvalue weighted by atomic mass is 28.3. The van der Waals surface area contributed by atoms with Crippen LogP contribution in [0, 0.1) is 0 Å². The van der Waals surface area contributed by atoms with Crippen LogP contribution < -0.4 is 0 Å². The zero-order chi connectivity index (χ0) is 19.0. The third kappa shape index (κ3) is 11.8. The summed E-state index contributed by atoms with van der Waals surface area (Å²) < 4.78 is 22.1. The van der Waals surface area contributed by atoms with Gasteiger partial charge in [-0.15, -0.1) is 6.58 Å². The molecule has 0 saturated heterocycles. The molecule has 0 saturated carbocycles.